The molecule has 1 aliphatic heterocycles. The van der Waals surface area contributed by atoms with Gasteiger partial charge in [0.2, 0.25) is 11.1 Å². The van der Waals surface area contributed by atoms with Crippen LogP contribution in [0, 0.1) is 0 Å². The molecule has 2 N–H and O–H groups in total. The number of hydrogen-bond donors (Lipinski definition) is 2. The van der Waals surface area contributed by atoms with Crippen LogP contribution < -0.4 is 15.5 Å². The second-order valence-corrected chi connectivity index (χ2v) is 8.52. The molecule has 2 atom stereocenters. The normalized spacial score (nSPS) is 17.5. The quantitative estimate of drug-likeness (QED) is 0.577. The van der Waals surface area contributed by atoms with Crippen molar-refractivity contribution in [2.45, 2.75) is 49.6 Å². The van der Waals surface area contributed by atoms with E-state index in [4.69, 9.17) is 4.74 Å². The molecule has 3 aromatic rings. The SMILES string of the molecule is CCCc1nnc2n1NC(c1ccc(CC)cc1)C(C(=O)Nc1ccccc1OC)S2. The van der Waals surface area contributed by atoms with Crippen LogP contribution in [0.4, 0.5) is 5.69 Å². The summed E-state index contributed by atoms with van der Waals surface area (Å²) >= 11 is 1.43. The molecule has 2 heterocycles. The zero-order valence-electron chi connectivity index (χ0n) is 18.0. The van der Waals surface area contributed by atoms with E-state index in [0.29, 0.717) is 16.6 Å². The summed E-state index contributed by atoms with van der Waals surface area (Å²) in [5.74, 6) is 1.39. The Hall–Kier alpha value is -3.00. The van der Waals surface area contributed by atoms with Crippen molar-refractivity contribution in [1.29, 1.82) is 0 Å². The Balaban J connectivity index is 1.67. The maximum atomic E-state index is 13.4. The van der Waals surface area contributed by atoms with Gasteiger partial charge in [0, 0.05) is 6.42 Å². The summed E-state index contributed by atoms with van der Waals surface area (Å²) in [4.78, 5) is 13.4. The van der Waals surface area contributed by atoms with Crippen molar-refractivity contribution in [1.82, 2.24) is 14.9 Å². The number of carbonyl (C=O) groups excluding carboxylic acids is 1. The first-order valence-electron chi connectivity index (χ1n) is 10.5. The van der Waals surface area contributed by atoms with E-state index in [1.807, 2.05) is 28.9 Å². The molecular formula is C23H27N5O2S. The topological polar surface area (TPSA) is 81.1 Å². The van der Waals surface area contributed by atoms with Crippen LogP contribution in [-0.4, -0.2) is 33.1 Å². The number of carbonyl (C=O) groups is 1. The highest BCUT2D eigenvalue weighted by molar-refractivity contribution is 8.00. The van der Waals surface area contributed by atoms with Gasteiger partial charge in [-0.25, -0.2) is 4.68 Å². The largest absolute Gasteiger partial charge is 0.495 e. The predicted molar refractivity (Wildman–Crippen MR) is 123 cm³/mol. The lowest BCUT2D eigenvalue weighted by Crippen LogP contribution is -2.41. The molecule has 2 aromatic carbocycles. The van der Waals surface area contributed by atoms with Gasteiger partial charge < -0.3 is 15.5 Å². The molecule has 0 aliphatic carbocycles. The number of fused-ring (bicyclic) bond motifs is 1. The van der Waals surface area contributed by atoms with Gasteiger partial charge in [0.1, 0.15) is 11.0 Å². The summed E-state index contributed by atoms with van der Waals surface area (Å²) in [6.45, 7) is 4.25. The van der Waals surface area contributed by atoms with Crippen LogP contribution in [-0.2, 0) is 17.6 Å². The van der Waals surface area contributed by atoms with Gasteiger partial charge in [-0.3, -0.25) is 4.79 Å². The summed E-state index contributed by atoms with van der Waals surface area (Å²) in [5, 5.41) is 11.9. The van der Waals surface area contributed by atoms with Crippen LogP contribution in [0.1, 0.15) is 43.3 Å². The maximum Gasteiger partial charge on any atom is 0.240 e. The molecule has 0 fully saturated rings. The Kier molecular flexibility index (Phi) is 6.46. The summed E-state index contributed by atoms with van der Waals surface area (Å²) < 4.78 is 7.32. The Bertz CT molecular complexity index is 1050. The first-order valence-corrected chi connectivity index (χ1v) is 11.4. The molecule has 0 saturated heterocycles. The predicted octanol–water partition coefficient (Wildman–Crippen LogP) is 4.20. The number of aromatic nitrogens is 3. The molecule has 0 bridgehead atoms. The molecule has 0 spiro atoms. The number of rotatable bonds is 7. The number of amides is 1. The highest BCUT2D eigenvalue weighted by Crippen LogP contribution is 2.38. The lowest BCUT2D eigenvalue weighted by molar-refractivity contribution is -0.116. The lowest BCUT2D eigenvalue weighted by atomic mass is 10.0. The number of methoxy groups -OCH3 is 1. The van der Waals surface area contributed by atoms with Gasteiger partial charge in [0.15, 0.2) is 5.82 Å². The van der Waals surface area contributed by atoms with E-state index in [0.717, 1.165) is 30.7 Å². The fourth-order valence-electron chi connectivity index (χ4n) is 3.65. The number of aryl methyl sites for hydroxylation is 2. The Morgan fingerprint density at radius 3 is 2.65 bits per heavy atom. The molecular weight excluding hydrogens is 410 g/mol. The van der Waals surface area contributed by atoms with E-state index in [9.17, 15) is 4.79 Å². The molecule has 4 rings (SSSR count). The van der Waals surface area contributed by atoms with Crippen molar-refractivity contribution >= 4 is 23.4 Å². The molecule has 1 amide bonds. The molecule has 0 radical (unpaired) electrons. The maximum absolute atomic E-state index is 13.4. The number of anilines is 1. The van der Waals surface area contributed by atoms with Crippen LogP contribution in [0.2, 0.25) is 0 Å². The van der Waals surface area contributed by atoms with Crippen LogP contribution in [0.3, 0.4) is 0 Å². The van der Waals surface area contributed by atoms with E-state index in [-0.39, 0.29) is 11.9 Å². The smallest absolute Gasteiger partial charge is 0.240 e. The zero-order valence-corrected chi connectivity index (χ0v) is 18.8. The van der Waals surface area contributed by atoms with Gasteiger partial charge in [-0.1, -0.05) is 62.0 Å². The zero-order chi connectivity index (χ0) is 21.8. The van der Waals surface area contributed by atoms with E-state index in [1.54, 1.807) is 7.11 Å². The highest BCUT2D eigenvalue weighted by atomic mass is 32.2. The van der Waals surface area contributed by atoms with Crippen molar-refractivity contribution in [3.05, 3.63) is 65.5 Å². The van der Waals surface area contributed by atoms with Crippen molar-refractivity contribution in [2.24, 2.45) is 0 Å². The number of nitrogens with one attached hydrogen (secondary N) is 2. The second-order valence-electron chi connectivity index (χ2n) is 7.41. The van der Waals surface area contributed by atoms with Gasteiger partial charge in [0.05, 0.1) is 18.8 Å². The van der Waals surface area contributed by atoms with E-state index < -0.39 is 5.25 Å². The van der Waals surface area contributed by atoms with E-state index in [1.165, 1.54) is 17.3 Å². The average molecular weight is 438 g/mol. The number of hydrogen-bond acceptors (Lipinski definition) is 6. The Labute approximate surface area is 186 Å². The van der Waals surface area contributed by atoms with Crippen LogP contribution in [0.25, 0.3) is 0 Å². The third kappa shape index (κ3) is 4.39. The number of para-hydroxylation sites is 2. The van der Waals surface area contributed by atoms with Crippen molar-refractivity contribution in [3.63, 3.8) is 0 Å². The standard InChI is InChI=1S/C23H27N5O2S/c1-4-8-19-25-26-23-28(19)27-20(16-13-11-15(5-2)12-14-16)21(31-23)22(29)24-17-9-6-7-10-18(17)30-3/h6-7,9-14,20-21,27H,4-5,8H2,1-3H3,(H,24,29). The molecule has 162 valence electrons. The monoisotopic (exact) mass is 437 g/mol. The van der Waals surface area contributed by atoms with E-state index in [2.05, 4.69) is 59.1 Å². The third-order valence-electron chi connectivity index (χ3n) is 5.35. The number of nitrogens with zero attached hydrogens (tertiary/aromatic N) is 3. The fourth-order valence-corrected chi connectivity index (χ4v) is 4.75. The highest BCUT2D eigenvalue weighted by Gasteiger charge is 2.38. The molecule has 7 nitrogen and oxygen atoms in total. The van der Waals surface area contributed by atoms with E-state index >= 15 is 0 Å². The molecule has 1 aliphatic rings. The lowest BCUT2D eigenvalue weighted by Gasteiger charge is -2.33. The van der Waals surface area contributed by atoms with Crippen molar-refractivity contribution in [2.75, 3.05) is 17.9 Å². The van der Waals surface area contributed by atoms with Gasteiger partial charge in [-0.05, 0) is 36.1 Å². The summed E-state index contributed by atoms with van der Waals surface area (Å²) in [6, 6.07) is 15.6. The minimum Gasteiger partial charge on any atom is -0.495 e. The molecule has 8 heteroatoms. The first-order chi connectivity index (χ1) is 15.1. The van der Waals surface area contributed by atoms with Crippen molar-refractivity contribution in [3.8, 4) is 5.75 Å². The fraction of sp³-hybridized carbons (Fsp3) is 0.348. The summed E-state index contributed by atoms with van der Waals surface area (Å²) in [6.07, 6.45) is 2.76. The summed E-state index contributed by atoms with van der Waals surface area (Å²) in [7, 11) is 1.59. The first kappa shape index (κ1) is 21.2. The molecule has 0 saturated carbocycles. The number of thioether (sulfide) groups is 1. The average Bonchev–Trinajstić information content (AvgIpc) is 3.20. The number of ether oxygens (including phenoxy) is 1. The van der Waals surface area contributed by atoms with Crippen molar-refractivity contribution < 1.29 is 9.53 Å². The van der Waals surface area contributed by atoms with Gasteiger partial charge >= 0.3 is 0 Å². The number of benzene rings is 2. The Morgan fingerprint density at radius 2 is 1.94 bits per heavy atom. The minimum absolute atomic E-state index is 0.113. The third-order valence-corrected chi connectivity index (χ3v) is 6.56. The second kappa shape index (κ2) is 9.43. The Morgan fingerprint density at radius 1 is 1.16 bits per heavy atom. The van der Waals surface area contributed by atoms with Crippen LogP contribution in [0.15, 0.2) is 53.7 Å². The van der Waals surface area contributed by atoms with Gasteiger partial charge in [-0.15, -0.1) is 10.2 Å². The van der Waals surface area contributed by atoms with Crippen LogP contribution in [0.5, 0.6) is 5.75 Å². The van der Waals surface area contributed by atoms with Crippen LogP contribution >= 0.6 is 11.8 Å². The molecule has 2 unspecified atom stereocenters. The summed E-state index contributed by atoms with van der Waals surface area (Å²) in [5.41, 5.74) is 6.47. The van der Waals surface area contributed by atoms with Gasteiger partial charge in [0.25, 0.3) is 0 Å². The molecule has 31 heavy (non-hydrogen) atoms. The van der Waals surface area contributed by atoms with Gasteiger partial charge in [-0.2, -0.15) is 0 Å². The minimum atomic E-state index is -0.427. The molecule has 1 aromatic heterocycles.